The molecule has 0 spiro atoms. The van der Waals surface area contributed by atoms with Crippen molar-refractivity contribution in [3.05, 3.63) is 36.5 Å². The standard InChI is InChI=1S/C62H119N2O7P/c1-7-10-13-16-19-22-25-28-30-32-34-36-39-42-45-48-51-54-61(65)63-59(58-70-72(67,68)69-57-56-64(4,5)6)60(53-50-47-44-41-38-27-24-21-18-15-12-9-3)71-62(66)55-52-49-46-43-40-37-35-33-31-29-26-23-20-17-14-11-8-2/h19,22,28,30,50,53,59-60H,7-18,20-21,23-27,29,31-49,51-52,54-58H2,1-6H3,(H-,63,65,67,68)/p+1/b22-19-,30-28-,53-50+. The Morgan fingerprint density at radius 3 is 1.28 bits per heavy atom. The van der Waals surface area contributed by atoms with Crippen molar-refractivity contribution in [2.45, 2.75) is 309 Å². The Hall–Kier alpha value is -1.77. The number of likely N-dealkylation sites (N-methyl/N-ethyl adjacent to an activating group) is 1. The van der Waals surface area contributed by atoms with Gasteiger partial charge in [0.25, 0.3) is 0 Å². The van der Waals surface area contributed by atoms with Gasteiger partial charge in [-0.25, -0.2) is 4.57 Å². The number of amides is 1. The number of phosphoric acid groups is 1. The predicted octanol–water partition coefficient (Wildman–Crippen LogP) is 18.7. The van der Waals surface area contributed by atoms with E-state index in [1.54, 1.807) is 0 Å². The average molecular weight is 1040 g/mol. The largest absolute Gasteiger partial charge is 0.472 e. The molecule has 3 atom stereocenters. The van der Waals surface area contributed by atoms with Crippen LogP contribution in [-0.4, -0.2) is 74.3 Å². The monoisotopic (exact) mass is 1040 g/mol. The summed E-state index contributed by atoms with van der Waals surface area (Å²) >= 11 is 0. The minimum Gasteiger partial charge on any atom is -0.456 e. The van der Waals surface area contributed by atoms with E-state index < -0.39 is 20.0 Å². The number of allylic oxidation sites excluding steroid dienone is 5. The van der Waals surface area contributed by atoms with Gasteiger partial charge in [0.2, 0.25) is 5.91 Å². The van der Waals surface area contributed by atoms with E-state index >= 15 is 0 Å². The summed E-state index contributed by atoms with van der Waals surface area (Å²) in [5.41, 5.74) is 0. The first kappa shape index (κ1) is 70.2. The molecule has 0 bridgehead atoms. The molecule has 2 N–H and O–H groups in total. The molecule has 0 heterocycles. The molecule has 9 nitrogen and oxygen atoms in total. The molecule has 0 radical (unpaired) electrons. The number of esters is 1. The van der Waals surface area contributed by atoms with Crippen molar-refractivity contribution < 1.29 is 37.3 Å². The number of ether oxygens (including phenoxy) is 1. The van der Waals surface area contributed by atoms with Crippen LogP contribution < -0.4 is 5.32 Å². The lowest BCUT2D eigenvalue weighted by Crippen LogP contribution is -2.47. The molecule has 1 amide bonds. The van der Waals surface area contributed by atoms with Gasteiger partial charge in [-0.15, -0.1) is 0 Å². The van der Waals surface area contributed by atoms with Crippen LogP contribution in [-0.2, 0) is 27.9 Å². The lowest BCUT2D eigenvalue weighted by atomic mass is 10.0. The number of phosphoric ester groups is 1. The second kappa shape index (κ2) is 52.7. The minimum absolute atomic E-state index is 0.0407. The second-order valence-corrected chi connectivity index (χ2v) is 23.7. The van der Waals surface area contributed by atoms with Crippen molar-refractivity contribution in [1.82, 2.24) is 5.32 Å². The molecule has 0 aromatic rings. The van der Waals surface area contributed by atoms with Crippen LogP contribution in [0, 0.1) is 0 Å². The molecule has 0 aliphatic carbocycles. The summed E-state index contributed by atoms with van der Waals surface area (Å²) < 4.78 is 30.7. The number of quaternary nitrogens is 1. The summed E-state index contributed by atoms with van der Waals surface area (Å²) in [4.78, 5) is 37.7. The van der Waals surface area contributed by atoms with Crippen LogP contribution >= 0.6 is 7.82 Å². The van der Waals surface area contributed by atoms with Crippen LogP contribution in [0.1, 0.15) is 297 Å². The van der Waals surface area contributed by atoms with E-state index in [9.17, 15) is 19.0 Å². The number of hydrogen-bond acceptors (Lipinski definition) is 6. The van der Waals surface area contributed by atoms with Crippen molar-refractivity contribution >= 4 is 19.7 Å². The van der Waals surface area contributed by atoms with Crippen molar-refractivity contribution in [3.8, 4) is 0 Å². The molecule has 0 aromatic carbocycles. The van der Waals surface area contributed by atoms with E-state index in [0.29, 0.717) is 23.9 Å². The maximum absolute atomic E-state index is 13.5. The van der Waals surface area contributed by atoms with Gasteiger partial charge in [-0.3, -0.25) is 18.6 Å². The Bertz CT molecular complexity index is 1330. The molecule has 3 unspecified atom stereocenters. The summed E-state index contributed by atoms with van der Waals surface area (Å²) in [5.74, 6) is -0.501. The highest BCUT2D eigenvalue weighted by Gasteiger charge is 2.30. The molecule has 0 aliphatic rings. The van der Waals surface area contributed by atoms with E-state index in [2.05, 4.69) is 50.4 Å². The Morgan fingerprint density at radius 1 is 0.486 bits per heavy atom. The van der Waals surface area contributed by atoms with Gasteiger partial charge in [-0.2, -0.15) is 0 Å². The lowest BCUT2D eigenvalue weighted by Gasteiger charge is -2.27. The van der Waals surface area contributed by atoms with Gasteiger partial charge >= 0.3 is 13.8 Å². The summed E-state index contributed by atoms with van der Waals surface area (Å²) in [5, 5.41) is 3.06. The van der Waals surface area contributed by atoms with E-state index in [0.717, 1.165) is 77.0 Å². The van der Waals surface area contributed by atoms with Crippen LogP contribution in [0.4, 0.5) is 0 Å². The highest BCUT2D eigenvalue weighted by molar-refractivity contribution is 7.47. The van der Waals surface area contributed by atoms with Crippen LogP contribution in [0.5, 0.6) is 0 Å². The zero-order valence-corrected chi connectivity index (χ0v) is 49.3. The number of rotatable bonds is 56. The smallest absolute Gasteiger partial charge is 0.456 e. The van der Waals surface area contributed by atoms with Crippen LogP contribution in [0.3, 0.4) is 0 Å². The Labute approximate surface area is 446 Å². The van der Waals surface area contributed by atoms with Gasteiger partial charge in [0.15, 0.2) is 0 Å². The first-order chi connectivity index (χ1) is 34.9. The number of nitrogens with one attached hydrogen (secondary N) is 1. The van der Waals surface area contributed by atoms with Crippen LogP contribution in [0.25, 0.3) is 0 Å². The molecule has 0 rings (SSSR count). The molecule has 0 fully saturated rings. The van der Waals surface area contributed by atoms with Crippen molar-refractivity contribution in [2.75, 3.05) is 40.9 Å². The summed E-state index contributed by atoms with van der Waals surface area (Å²) in [6, 6.07) is -0.848. The maximum atomic E-state index is 13.5. The lowest BCUT2D eigenvalue weighted by molar-refractivity contribution is -0.870. The van der Waals surface area contributed by atoms with Gasteiger partial charge in [0, 0.05) is 12.8 Å². The number of carbonyl (C=O) groups excluding carboxylic acids is 2. The number of unbranched alkanes of at least 4 members (excludes halogenated alkanes) is 36. The summed E-state index contributed by atoms with van der Waals surface area (Å²) in [6.07, 6.45) is 62.7. The van der Waals surface area contributed by atoms with Crippen LogP contribution in [0.2, 0.25) is 0 Å². The fraction of sp³-hybridized carbons (Fsp3) is 0.871. The highest BCUT2D eigenvalue weighted by atomic mass is 31.2. The molecule has 0 saturated heterocycles. The zero-order valence-electron chi connectivity index (χ0n) is 48.4. The molecule has 424 valence electrons. The van der Waals surface area contributed by atoms with Crippen molar-refractivity contribution in [1.29, 1.82) is 0 Å². The molecular formula is C62H120N2O7P+. The van der Waals surface area contributed by atoms with E-state index in [4.69, 9.17) is 13.8 Å². The average Bonchev–Trinajstić information content (AvgIpc) is 3.34. The first-order valence-corrected chi connectivity index (χ1v) is 32.3. The Morgan fingerprint density at radius 2 is 0.847 bits per heavy atom. The van der Waals surface area contributed by atoms with Gasteiger partial charge in [0.1, 0.15) is 19.3 Å². The minimum atomic E-state index is -4.44. The van der Waals surface area contributed by atoms with Crippen molar-refractivity contribution in [2.24, 2.45) is 0 Å². The van der Waals surface area contributed by atoms with E-state index in [-0.39, 0.29) is 25.1 Å². The number of nitrogens with zero attached hydrogens (tertiary/aromatic N) is 1. The number of hydrogen-bond donors (Lipinski definition) is 2. The Balaban J connectivity index is 5.26. The molecule has 0 aliphatic heterocycles. The molecule has 72 heavy (non-hydrogen) atoms. The SMILES string of the molecule is CCCCC/C=C\C/C=C\CCCCCCCCCC(=O)NC(COP(=O)(O)OCC[N+](C)(C)C)C(/C=C/CCCCCCCCCCCC)OC(=O)CCCCCCCCCCCCCCCCCCC. The third kappa shape index (κ3) is 53.1. The normalized spacial score (nSPS) is 13.9. The quantitative estimate of drug-likeness (QED) is 0.0205. The van der Waals surface area contributed by atoms with Gasteiger partial charge in [0.05, 0.1) is 33.8 Å². The second-order valence-electron chi connectivity index (χ2n) is 22.2. The summed E-state index contributed by atoms with van der Waals surface area (Å²) in [7, 11) is 1.50. The summed E-state index contributed by atoms with van der Waals surface area (Å²) in [6.45, 7) is 7.01. The fourth-order valence-electron chi connectivity index (χ4n) is 9.03. The van der Waals surface area contributed by atoms with Gasteiger partial charge in [-0.1, -0.05) is 257 Å². The molecule has 0 aromatic heterocycles. The van der Waals surface area contributed by atoms with Gasteiger partial charge in [-0.05, 0) is 63.9 Å². The topological polar surface area (TPSA) is 111 Å². The van der Waals surface area contributed by atoms with E-state index in [1.165, 1.54) is 186 Å². The highest BCUT2D eigenvalue weighted by Crippen LogP contribution is 2.43. The third-order valence-electron chi connectivity index (χ3n) is 13.8. The number of carbonyl (C=O) groups is 2. The third-order valence-corrected chi connectivity index (χ3v) is 14.8. The van der Waals surface area contributed by atoms with Gasteiger partial charge < -0.3 is 19.4 Å². The first-order valence-electron chi connectivity index (χ1n) is 30.8. The molecule has 10 heteroatoms. The Kier molecular flexibility index (Phi) is 51.4. The zero-order chi connectivity index (χ0) is 52.9. The van der Waals surface area contributed by atoms with Crippen molar-refractivity contribution in [3.63, 3.8) is 0 Å². The fourth-order valence-corrected chi connectivity index (χ4v) is 9.77. The maximum Gasteiger partial charge on any atom is 0.472 e. The molecule has 0 saturated carbocycles. The molecular weight excluding hydrogens is 916 g/mol. The van der Waals surface area contributed by atoms with E-state index in [1.807, 2.05) is 33.3 Å². The predicted molar refractivity (Wildman–Crippen MR) is 309 cm³/mol. The van der Waals surface area contributed by atoms with Crippen LogP contribution in [0.15, 0.2) is 36.5 Å².